The number of nitrogens with zero attached hydrogens (tertiary/aromatic N) is 1. The molecule has 0 aliphatic carbocycles. The summed E-state index contributed by atoms with van der Waals surface area (Å²) in [6.45, 7) is 4.89. The fraction of sp³-hybridized carbons (Fsp3) is 0.500. The summed E-state index contributed by atoms with van der Waals surface area (Å²) in [5, 5.41) is 10.3. The summed E-state index contributed by atoms with van der Waals surface area (Å²) in [6, 6.07) is 9.89. The number of hydrogen-bond acceptors (Lipinski definition) is 2. The Labute approximate surface area is 85.2 Å². The van der Waals surface area contributed by atoms with E-state index in [-0.39, 0.29) is 0 Å². The first-order chi connectivity index (χ1) is 6.68. The molecular formula is C12H17NO. The van der Waals surface area contributed by atoms with Gasteiger partial charge in [0, 0.05) is 6.54 Å². The van der Waals surface area contributed by atoms with Crippen molar-refractivity contribution in [3.05, 3.63) is 35.9 Å². The van der Waals surface area contributed by atoms with Crippen LogP contribution in [0.4, 0.5) is 0 Å². The number of hydrogen-bond donors (Lipinski definition) is 1. The van der Waals surface area contributed by atoms with Crippen molar-refractivity contribution in [3.63, 3.8) is 0 Å². The Balaban J connectivity index is 2.06. The molecule has 2 heteroatoms. The van der Waals surface area contributed by atoms with Gasteiger partial charge in [0.15, 0.2) is 0 Å². The van der Waals surface area contributed by atoms with Crippen LogP contribution in [0.25, 0.3) is 0 Å². The van der Waals surface area contributed by atoms with Crippen molar-refractivity contribution in [3.8, 4) is 0 Å². The van der Waals surface area contributed by atoms with Gasteiger partial charge in [-0.1, -0.05) is 30.3 Å². The van der Waals surface area contributed by atoms with E-state index in [0.29, 0.717) is 0 Å². The Morgan fingerprint density at radius 2 is 1.93 bits per heavy atom. The highest BCUT2D eigenvalue weighted by atomic mass is 16.3. The quantitative estimate of drug-likeness (QED) is 0.784. The number of rotatable bonds is 3. The fourth-order valence-electron chi connectivity index (χ4n) is 1.86. The van der Waals surface area contributed by atoms with Gasteiger partial charge in [0.25, 0.3) is 0 Å². The number of benzene rings is 1. The van der Waals surface area contributed by atoms with Gasteiger partial charge in [0.1, 0.15) is 0 Å². The SMILES string of the molecule is CC(O)(CN1CCC1)c1ccccc1. The zero-order valence-electron chi connectivity index (χ0n) is 8.61. The van der Waals surface area contributed by atoms with Gasteiger partial charge in [-0.3, -0.25) is 0 Å². The van der Waals surface area contributed by atoms with E-state index in [4.69, 9.17) is 0 Å². The summed E-state index contributed by atoms with van der Waals surface area (Å²) in [7, 11) is 0. The van der Waals surface area contributed by atoms with Crippen molar-refractivity contribution >= 4 is 0 Å². The molecule has 1 aliphatic rings. The molecule has 1 aromatic rings. The molecule has 0 saturated carbocycles. The van der Waals surface area contributed by atoms with Crippen molar-refractivity contribution in [2.75, 3.05) is 19.6 Å². The van der Waals surface area contributed by atoms with Crippen LogP contribution in [0.1, 0.15) is 18.9 Å². The first-order valence-electron chi connectivity index (χ1n) is 5.19. The highest BCUT2D eigenvalue weighted by molar-refractivity contribution is 5.21. The van der Waals surface area contributed by atoms with Crippen molar-refractivity contribution < 1.29 is 5.11 Å². The largest absolute Gasteiger partial charge is 0.384 e. The minimum Gasteiger partial charge on any atom is -0.384 e. The third-order valence-corrected chi connectivity index (χ3v) is 2.88. The van der Waals surface area contributed by atoms with Crippen molar-refractivity contribution in [2.24, 2.45) is 0 Å². The molecule has 1 saturated heterocycles. The minimum absolute atomic E-state index is 0.707. The second-order valence-electron chi connectivity index (χ2n) is 4.27. The highest BCUT2D eigenvalue weighted by Crippen LogP contribution is 2.23. The maximum absolute atomic E-state index is 10.3. The molecule has 1 fully saturated rings. The van der Waals surface area contributed by atoms with E-state index >= 15 is 0 Å². The molecule has 0 amide bonds. The van der Waals surface area contributed by atoms with E-state index in [0.717, 1.165) is 25.2 Å². The topological polar surface area (TPSA) is 23.5 Å². The molecule has 0 bridgehead atoms. The summed E-state index contributed by atoms with van der Waals surface area (Å²) < 4.78 is 0. The minimum atomic E-state index is -0.707. The summed E-state index contributed by atoms with van der Waals surface area (Å²) in [5.74, 6) is 0. The van der Waals surface area contributed by atoms with Crippen LogP contribution in [0.3, 0.4) is 0 Å². The molecule has 1 N–H and O–H groups in total. The van der Waals surface area contributed by atoms with Gasteiger partial charge in [-0.05, 0) is 32.0 Å². The van der Waals surface area contributed by atoms with E-state index < -0.39 is 5.60 Å². The van der Waals surface area contributed by atoms with Gasteiger partial charge in [0.05, 0.1) is 5.60 Å². The second kappa shape index (κ2) is 3.71. The van der Waals surface area contributed by atoms with Gasteiger partial charge in [-0.2, -0.15) is 0 Å². The van der Waals surface area contributed by atoms with Crippen LogP contribution in [0.2, 0.25) is 0 Å². The van der Waals surface area contributed by atoms with Crippen LogP contribution in [0, 0.1) is 0 Å². The molecule has 1 aromatic carbocycles. The van der Waals surface area contributed by atoms with E-state index in [1.54, 1.807) is 0 Å². The normalized spacial score (nSPS) is 21.3. The van der Waals surface area contributed by atoms with Crippen LogP contribution >= 0.6 is 0 Å². The maximum atomic E-state index is 10.3. The molecule has 76 valence electrons. The van der Waals surface area contributed by atoms with Gasteiger partial charge in [-0.15, -0.1) is 0 Å². The van der Waals surface area contributed by atoms with Gasteiger partial charge < -0.3 is 10.0 Å². The molecule has 0 aromatic heterocycles. The molecule has 1 aliphatic heterocycles. The van der Waals surface area contributed by atoms with Gasteiger partial charge in [0.2, 0.25) is 0 Å². The van der Waals surface area contributed by atoms with E-state index in [1.807, 2.05) is 37.3 Å². The Bertz CT molecular complexity index is 290. The van der Waals surface area contributed by atoms with Gasteiger partial charge in [-0.25, -0.2) is 0 Å². The van der Waals surface area contributed by atoms with Gasteiger partial charge >= 0.3 is 0 Å². The number of β-amino-alcohol motifs (C(OH)–C–C–N with tert-alkyl or cyclic N) is 1. The average Bonchev–Trinajstić information content (AvgIpc) is 2.13. The summed E-state index contributed by atoms with van der Waals surface area (Å²) in [5.41, 5.74) is 0.300. The van der Waals surface area contributed by atoms with E-state index in [2.05, 4.69) is 4.90 Å². The molecule has 1 heterocycles. The fourth-order valence-corrected chi connectivity index (χ4v) is 1.86. The molecule has 0 radical (unpaired) electrons. The summed E-state index contributed by atoms with van der Waals surface area (Å²) >= 11 is 0. The number of likely N-dealkylation sites (tertiary alicyclic amines) is 1. The Morgan fingerprint density at radius 1 is 1.29 bits per heavy atom. The average molecular weight is 191 g/mol. The predicted octanol–water partition coefficient (Wildman–Crippen LogP) is 1.60. The van der Waals surface area contributed by atoms with Crippen LogP contribution < -0.4 is 0 Å². The monoisotopic (exact) mass is 191 g/mol. The smallest absolute Gasteiger partial charge is 0.0994 e. The third-order valence-electron chi connectivity index (χ3n) is 2.88. The zero-order chi connectivity index (χ0) is 10.0. The third kappa shape index (κ3) is 1.97. The lowest BCUT2D eigenvalue weighted by Gasteiger charge is -2.37. The Kier molecular flexibility index (Phi) is 2.57. The van der Waals surface area contributed by atoms with Crippen molar-refractivity contribution in [1.29, 1.82) is 0 Å². The van der Waals surface area contributed by atoms with Crippen molar-refractivity contribution in [1.82, 2.24) is 4.90 Å². The lowest BCUT2D eigenvalue weighted by atomic mass is 9.94. The molecule has 2 nitrogen and oxygen atoms in total. The van der Waals surface area contributed by atoms with Crippen molar-refractivity contribution in [2.45, 2.75) is 18.9 Å². The molecule has 1 unspecified atom stereocenters. The number of aliphatic hydroxyl groups is 1. The maximum Gasteiger partial charge on any atom is 0.0994 e. The second-order valence-corrected chi connectivity index (χ2v) is 4.27. The zero-order valence-corrected chi connectivity index (χ0v) is 8.61. The molecule has 0 spiro atoms. The molecular weight excluding hydrogens is 174 g/mol. The molecule has 14 heavy (non-hydrogen) atoms. The first-order valence-corrected chi connectivity index (χ1v) is 5.19. The highest BCUT2D eigenvalue weighted by Gasteiger charge is 2.28. The van der Waals surface area contributed by atoms with E-state index in [1.165, 1.54) is 6.42 Å². The predicted molar refractivity (Wildman–Crippen MR) is 57.1 cm³/mol. The van der Waals surface area contributed by atoms with Crippen LogP contribution in [-0.2, 0) is 5.60 Å². The standard InChI is InChI=1S/C12H17NO/c1-12(14,10-13-8-5-9-13)11-6-3-2-4-7-11/h2-4,6-7,14H,5,8-10H2,1H3. The lowest BCUT2D eigenvalue weighted by molar-refractivity contribution is -0.00275. The Morgan fingerprint density at radius 3 is 2.43 bits per heavy atom. The molecule has 1 atom stereocenters. The summed E-state index contributed by atoms with van der Waals surface area (Å²) in [4.78, 5) is 2.28. The van der Waals surface area contributed by atoms with Crippen LogP contribution in [0.5, 0.6) is 0 Å². The van der Waals surface area contributed by atoms with Crippen LogP contribution in [0.15, 0.2) is 30.3 Å². The van der Waals surface area contributed by atoms with E-state index in [9.17, 15) is 5.11 Å². The molecule has 2 rings (SSSR count). The first kappa shape index (κ1) is 9.69. The Hall–Kier alpha value is -0.860. The van der Waals surface area contributed by atoms with Crippen LogP contribution in [-0.4, -0.2) is 29.6 Å². The lowest BCUT2D eigenvalue weighted by Crippen LogP contribution is -2.45. The summed E-state index contributed by atoms with van der Waals surface area (Å²) in [6.07, 6.45) is 1.27.